The number of amides is 1. The highest BCUT2D eigenvalue weighted by Gasteiger charge is 2.26. The third-order valence-corrected chi connectivity index (χ3v) is 6.40. The van der Waals surface area contributed by atoms with Crippen LogP contribution < -0.4 is 15.8 Å². The number of rotatable bonds is 6. The van der Waals surface area contributed by atoms with Gasteiger partial charge in [-0.25, -0.2) is 9.97 Å². The van der Waals surface area contributed by atoms with Gasteiger partial charge in [-0.3, -0.25) is 28.9 Å². The van der Waals surface area contributed by atoms with Gasteiger partial charge in [-0.05, 0) is 25.0 Å². The zero-order valence-electron chi connectivity index (χ0n) is 19.1. The average Bonchev–Trinajstić information content (AvgIpc) is 3.28. The molecule has 1 saturated heterocycles. The smallest absolute Gasteiger partial charge is 0.293 e. The zero-order valence-corrected chi connectivity index (χ0v) is 19.9. The molecular formula is C23H25N5O5S. The lowest BCUT2D eigenvalue weighted by Gasteiger charge is -2.32. The standard InChI is InChI=1S/C23H25N5O5S/c1-23(2,3)17-12-34-22(24-17)26-20(31)14-6-8-28-18(9-14)25-19(16(11-29)21(28)32)27-7-4-5-15(10-27)33-13-30/h6,8-9,11-13,15H,4-5,7,10H2,1-3H3,(H,24,26,31)/t15-/m1/s1. The predicted molar refractivity (Wildman–Crippen MR) is 128 cm³/mol. The van der Waals surface area contributed by atoms with Crippen molar-refractivity contribution in [2.45, 2.75) is 45.1 Å². The molecule has 1 aliphatic heterocycles. The summed E-state index contributed by atoms with van der Waals surface area (Å²) in [6.07, 6.45) is 2.96. The summed E-state index contributed by atoms with van der Waals surface area (Å²) in [6, 6.07) is 2.99. The van der Waals surface area contributed by atoms with Gasteiger partial charge >= 0.3 is 0 Å². The van der Waals surface area contributed by atoms with Crippen LogP contribution in [0.2, 0.25) is 0 Å². The number of nitrogens with one attached hydrogen (secondary N) is 1. The lowest BCUT2D eigenvalue weighted by atomic mass is 9.93. The van der Waals surface area contributed by atoms with Gasteiger partial charge in [0.2, 0.25) is 0 Å². The van der Waals surface area contributed by atoms with Gasteiger partial charge in [0, 0.05) is 29.1 Å². The van der Waals surface area contributed by atoms with Crippen LogP contribution in [0.4, 0.5) is 10.9 Å². The first-order valence-corrected chi connectivity index (χ1v) is 11.7. The van der Waals surface area contributed by atoms with Gasteiger partial charge in [0.15, 0.2) is 11.4 Å². The van der Waals surface area contributed by atoms with Gasteiger partial charge < -0.3 is 9.64 Å². The minimum Gasteiger partial charge on any atom is -0.463 e. The number of anilines is 2. The maximum Gasteiger partial charge on any atom is 0.293 e. The number of nitrogens with zero attached hydrogens (tertiary/aromatic N) is 4. The van der Waals surface area contributed by atoms with Gasteiger partial charge in [0.1, 0.15) is 23.1 Å². The second kappa shape index (κ2) is 9.34. The lowest BCUT2D eigenvalue weighted by molar-refractivity contribution is -0.133. The van der Waals surface area contributed by atoms with E-state index in [2.05, 4.69) is 15.3 Å². The molecule has 3 aromatic heterocycles. The molecule has 3 aromatic rings. The second-order valence-electron chi connectivity index (χ2n) is 9.10. The highest BCUT2D eigenvalue weighted by atomic mass is 32.1. The van der Waals surface area contributed by atoms with Gasteiger partial charge in [0.25, 0.3) is 17.9 Å². The van der Waals surface area contributed by atoms with Crippen LogP contribution in [0, 0.1) is 0 Å². The van der Waals surface area contributed by atoms with Crippen molar-refractivity contribution in [3.05, 3.63) is 50.9 Å². The summed E-state index contributed by atoms with van der Waals surface area (Å²) in [6.45, 7) is 7.41. The van der Waals surface area contributed by atoms with E-state index >= 15 is 0 Å². The van der Waals surface area contributed by atoms with Crippen LogP contribution in [-0.4, -0.2) is 52.2 Å². The number of aromatic nitrogens is 3. The second-order valence-corrected chi connectivity index (χ2v) is 9.96. The molecule has 0 radical (unpaired) electrons. The zero-order chi connectivity index (χ0) is 24.5. The quantitative estimate of drug-likeness (QED) is 0.531. The maximum absolute atomic E-state index is 13.0. The summed E-state index contributed by atoms with van der Waals surface area (Å²) >= 11 is 1.34. The number of carbonyl (C=O) groups is 3. The Morgan fingerprint density at radius 3 is 2.76 bits per heavy atom. The van der Waals surface area contributed by atoms with Gasteiger partial charge in [-0.1, -0.05) is 20.8 Å². The summed E-state index contributed by atoms with van der Waals surface area (Å²) < 4.78 is 6.31. The Morgan fingerprint density at radius 2 is 2.09 bits per heavy atom. The van der Waals surface area contributed by atoms with Crippen LogP contribution in [-0.2, 0) is 14.9 Å². The number of piperidine rings is 1. The number of hydrogen-bond donors (Lipinski definition) is 1. The van der Waals surface area contributed by atoms with Crippen molar-refractivity contribution in [1.82, 2.24) is 14.4 Å². The summed E-state index contributed by atoms with van der Waals surface area (Å²) in [4.78, 5) is 59.1. The van der Waals surface area contributed by atoms with Crippen LogP contribution in [0.5, 0.6) is 0 Å². The number of ether oxygens (including phenoxy) is 1. The summed E-state index contributed by atoms with van der Waals surface area (Å²) in [7, 11) is 0. The maximum atomic E-state index is 13.0. The molecule has 4 heterocycles. The molecule has 0 bridgehead atoms. The van der Waals surface area contributed by atoms with E-state index in [1.165, 1.54) is 34.1 Å². The molecule has 1 atom stereocenters. The Balaban J connectivity index is 1.67. The number of fused-ring (bicyclic) bond motifs is 1. The monoisotopic (exact) mass is 483 g/mol. The molecular weight excluding hydrogens is 458 g/mol. The van der Waals surface area contributed by atoms with Crippen LogP contribution in [0.3, 0.4) is 0 Å². The van der Waals surface area contributed by atoms with Crippen LogP contribution in [0.1, 0.15) is 60.0 Å². The number of hydrogen-bond acceptors (Lipinski definition) is 9. The van der Waals surface area contributed by atoms with Crippen molar-refractivity contribution in [3.63, 3.8) is 0 Å². The Hall–Kier alpha value is -3.60. The predicted octanol–water partition coefficient (Wildman–Crippen LogP) is 2.66. The van der Waals surface area contributed by atoms with Crippen molar-refractivity contribution in [3.8, 4) is 0 Å². The molecule has 1 N–H and O–H groups in total. The topological polar surface area (TPSA) is 123 Å². The first kappa shape index (κ1) is 23.6. The molecule has 11 heteroatoms. The Bertz CT molecular complexity index is 1310. The third kappa shape index (κ3) is 4.69. The van der Waals surface area contributed by atoms with Crippen molar-refractivity contribution in [2.24, 2.45) is 0 Å². The van der Waals surface area contributed by atoms with Crippen LogP contribution in [0.25, 0.3) is 5.65 Å². The fraction of sp³-hybridized carbons (Fsp3) is 0.391. The largest absolute Gasteiger partial charge is 0.463 e. The molecule has 178 valence electrons. The summed E-state index contributed by atoms with van der Waals surface area (Å²) in [5.74, 6) is -0.170. The van der Waals surface area contributed by atoms with E-state index in [4.69, 9.17) is 4.74 Å². The van der Waals surface area contributed by atoms with E-state index in [0.717, 1.165) is 5.69 Å². The SMILES string of the molecule is CC(C)(C)c1csc(NC(=O)c2ccn3c(=O)c(C=O)c(N4CCC[C@@H](OC=O)C4)nc3c2)n1. The van der Waals surface area contributed by atoms with Crippen molar-refractivity contribution < 1.29 is 19.1 Å². The Labute approximate surface area is 199 Å². The van der Waals surface area contributed by atoms with E-state index in [-0.39, 0.29) is 34.5 Å². The van der Waals surface area contributed by atoms with Crippen molar-refractivity contribution >= 4 is 46.6 Å². The first-order chi connectivity index (χ1) is 16.2. The molecule has 10 nitrogen and oxygen atoms in total. The van der Waals surface area contributed by atoms with E-state index in [0.29, 0.717) is 49.4 Å². The summed E-state index contributed by atoms with van der Waals surface area (Å²) in [5.41, 5.74) is 0.652. The van der Waals surface area contributed by atoms with E-state index < -0.39 is 5.56 Å². The van der Waals surface area contributed by atoms with E-state index in [1.54, 1.807) is 4.90 Å². The van der Waals surface area contributed by atoms with Crippen molar-refractivity contribution in [2.75, 3.05) is 23.3 Å². The molecule has 0 unspecified atom stereocenters. The molecule has 0 saturated carbocycles. The highest BCUT2D eigenvalue weighted by Crippen LogP contribution is 2.27. The molecule has 0 aliphatic carbocycles. The molecule has 0 aromatic carbocycles. The van der Waals surface area contributed by atoms with Gasteiger partial charge in [0.05, 0.1) is 12.2 Å². The number of pyridine rings is 1. The fourth-order valence-electron chi connectivity index (χ4n) is 3.79. The average molecular weight is 484 g/mol. The lowest BCUT2D eigenvalue weighted by Crippen LogP contribution is -2.41. The van der Waals surface area contributed by atoms with E-state index in [9.17, 15) is 19.2 Å². The Morgan fingerprint density at radius 1 is 1.29 bits per heavy atom. The number of thiazole rings is 1. The van der Waals surface area contributed by atoms with E-state index in [1.807, 2.05) is 26.2 Å². The molecule has 1 aliphatic rings. The third-order valence-electron chi connectivity index (χ3n) is 5.64. The molecule has 1 amide bonds. The highest BCUT2D eigenvalue weighted by molar-refractivity contribution is 7.14. The number of carbonyl (C=O) groups excluding carboxylic acids is 3. The Kier molecular flexibility index (Phi) is 6.47. The van der Waals surface area contributed by atoms with Crippen molar-refractivity contribution in [1.29, 1.82) is 0 Å². The fourth-order valence-corrected chi connectivity index (χ4v) is 4.72. The molecule has 0 spiro atoms. The van der Waals surface area contributed by atoms with Gasteiger partial charge in [-0.15, -0.1) is 11.3 Å². The van der Waals surface area contributed by atoms with Crippen LogP contribution >= 0.6 is 11.3 Å². The minimum absolute atomic E-state index is 0.0843. The van der Waals surface area contributed by atoms with Gasteiger partial charge in [-0.2, -0.15) is 0 Å². The molecule has 34 heavy (non-hydrogen) atoms. The normalized spacial score (nSPS) is 16.3. The minimum atomic E-state index is -0.532. The molecule has 4 rings (SSSR count). The number of aldehydes is 1. The summed E-state index contributed by atoms with van der Waals surface area (Å²) in [5, 5.41) is 5.17. The first-order valence-electron chi connectivity index (χ1n) is 10.8. The molecule has 1 fully saturated rings. The van der Waals surface area contributed by atoms with Crippen LogP contribution in [0.15, 0.2) is 28.5 Å².